The van der Waals surface area contributed by atoms with Gasteiger partial charge in [0.2, 0.25) is 0 Å². The lowest BCUT2D eigenvalue weighted by atomic mass is 10.1. The first kappa shape index (κ1) is 16.1. The van der Waals surface area contributed by atoms with E-state index in [2.05, 4.69) is 32.7 Å². The summed E-state index contributed by atoms with van der Waals surface area (Å²) >= 11 is 5.19. The highest BCUT2D eigenvalue weighted by molar-refractivity contribution is 9.10. The van der Waals surface area contributed by atoms with E-state index in [4.69, 9.17) is 10.5 Å². The molecule has 0 aliphatic rings. The fourth-order valence-electron chi connectivity index (χ4n) is 1.62. The second-order valence-corrected chi connectivity index (χ2v) is 7.37. The Morgan fingerprint density at radius 2 is 2.17 bits per heavy atom. The van der Waals surface area contributed by atoms with Crippen LogP contribution in [0.15, 0.2) is 15.9 Å². The van der Waals surface area contributed by atoms with Gasteiger partial charge in [0, 0.05) is 33.9 Å². The topological polar surface area (TPSA) is 47.3 Å². The maximum atomic E-state index is 6.10. The van der Waals surface area contributed by atoms with Crippen molar-refractivity contribution in [3.8, 4) is 0 Å². The fraction of sp³-hybridized carbons (Fsp3) is 0.692. The van der Waals surface area contributed by atoms with Crippen LogP contribution < -0.4 is 11.1 Å². The van der Waals surface area contributed by atoms with Gasteiger partial charge in [0.1, 0.15) is 0 Å². The smallest absolute Gasteiger partial charge is 0.0717 e. The molecule has 3 N–H and O–H groups in total. The van der Waals surface area contributed by atoms with Crippen molar-refractivity contribution in [3.63, 3.8) is 0 Å². The average Bonchev–Trinajstić information content (AvgIpc) is 2.61. The normalized spacial score (nSPS) is 15.7. The van der Waals surface area contributed by atoms with Crippen molar-refractivity contribution in [2.24, 2.45) is 5.73 Å². The van der Waals surface area contributed by atoms with Gasteiger partial charge in [-0.05, 0) is 49.7 Å². The molecule has 104 valence electrons. The van der Waals surface area contributed by atoms with Crippen LogP contribution in [-0.2, 0) is 11.3 Å². The van der Waals surface area contributed by atoms with Gasteiger partial charge in [-0.25, -0.2) is 0 Å². The van der Waals surface area contributed by atoms with Crippen molar-refractivity contribution in [2.75, 3.05) is 6.54 Å². The molecule has 18 heavy (non-hydrogen) atoms. The summed E-state index contributed by atoms with van der Waals surface area (Å²) in [6.07, 6.45) is 0.0487. The Balaban J connectivity index is 2.26. The minimum absolute atomic E-state index is 0.00706. The minimum atomic E-state index is -0.143. The van der Waals surface area contributed by atoms with Crippen molar-refractivity contribution >= 4 is 27.3 Å². The van der Waals surface area contributed by atoms with Crippen molar-refractivity contribution in [2.45, 2.75) is 52.0 Å². The molecule has 0 radical (unpaired) electrons. The molecule has 0 spiro atoms. The van der Waals surface area contributed by atoms with Gasteiger partial charge in [0.25, 0.3) is 0 Å². The highest BCUT2D eigenvalue weighted by atomic mass is 79.9. The third-order valence-electron chi connectivity index (χ3n) is 2.44. The Labute approximate surface area is 122 Å². The Hall–Kier alpha value is 0.0600. The quantitative estimate of drug-likeness (QED) is 0.840. The van der Waals surface area contributed by atoms with Crippen LogP contribution >= 0.6 is 27.3 Å². The maximum Gasteiger partial charge on any atom is 0.0717 e. The lowest BCUT2D eigenvalue weighted by Crippen LogP contribution is -2.45. The van der Waals surface area contributed by atoms with E-state index in [1.54, 1.807) is 11.3 Å². The predicted octanol–water partition coefficient (Wildman–Crippen LogP) is 3.13. The third kappa shape index (κ3) is 6.29. The van der Waals surface area contributed by atoms with Gasteiger partial charge < -0.3 is 15.8 Å². The van der Waals surface area contributed by atoms with E-state index in [1.165, 1.54) is 4.88 Å². The summed E-state index contributed by atoms with van der Waals surface area (Å²) in [5.41, 5.74) is 5.96. The molecule has 0 unspecified atom stereocenters. The molecule has 0 fully saturated rings. The number of thiophene rings is 1. The van der Waals surface area contributed by atoms with Crippen LogP contribution in [0.25, 0.3) is 0 Å². The van der Waals surface area contributed by atoms with Gasteiger partial charge in [0.15, 0.2) is 0 Å². The first-order valence-corrected chi connectivity index (χ1v) is 7.82. The number of ether oxygens (including phenoxy) is 1. The summed E-state index contributed by atoms with van der Waals surface area (Å²) in [5.74, 6) is 0. The van der Waals surface area contributed by atoms with E-state index >= 15 is 0 Å². The van der Waals surface area contributed by atoms with E-state index < -0.39 is 0 Å². The molecule has 0 aliphatic carbocycles. The van der Waals surface area contributed by atoms with Crippen molar-refractivity contribution in [1.29, 1.82) is 0 Å². The van der Waals surface area contributed by atoms with Crippen LogP contribution in [0.3, 0.4) is 0 Å². The van der Waals surface area contributed by atoms with E-state index in [-0.39, 0.29) is 17.7 Å². The van der Waals surface area contributed by atoms with Crippen molar-refractivity contribution < 1.29 is 4.74 Å². The van der Waals surface area contributed by atoms with Gasteiger partial charge in [-0.15, -0.1) is 11.3 Å². The lowest BCUT2D eigenvalue weighted by Gasteiger charge is -2.29. The Morgan fingerprint density at radius 3 is 2.67 bits per heavy atom. The van der Waals surface area contributed by atoms with Crippen molar-refractivity contribution in [3.05, 3.63) is 20.8 Å². The van der Waals surface area contributed by atoms with E-state index in [0.29, 0.717) is 0 Å². The van der Waals surface area contributed by atoms with Gasteiger partial charge in [-0.3, -0.25) is 0 Å². The number of hydrogen-bond acceptors (Lipinski definition) is 4. The second-order valence-electron chi connectivity index (χ2n) is 5.46. The van der Waals surface area contributed by atoms with E-state index in [1.807, 2.05) is 27.7 Å². The zero-order valence-corrected chi connectivity index (χ0v) is 13.9. The number of nitrogens with two attached hydrogens (primary N) is 1. The Morgan fingerprint density at radius 1 is 1.50 bits per heavy atom. The zero-order chi connectivity index (χ0) is 13.8. The van der Waals surface area contributed by atoms with Gasteiger partial charge in [-0.2, -0.15) is 0 Å². The largest absolute Gasteiger partial charge is 0.371 e. The molecule has 1 heterocycles. The molecule has 0 saturated heterocycles. The summed E-state index contributed by atoms with van der Waals surface area (Å²) in [5, 5.41) is 5.45. The lowest BCUT2D eigenvalue weighted by molar-refractivity contribution is -0.0608. The monoisotopic (exact) mass is 334 g/mol. The van der Waals surface area contributed by atoms with Crippen LogP contribution in [0.2, 0.25) is 0 Å². The third-order valence-corrected chi connectivity index (χ3v) is 4.14. The van der Waals surface area contributed by atoms with E-state index in [9.17, 15) is 0 Å². The molecule has 3 nitrogen and oxygen atoms in total. The minimum Gasteiger partial charge on any atom is -0.371 e. The van der Waals surface area contributed by atoms with Crippen LogP contribution in [0.1, 0.15) is 32.6 Å². The first-order chi connectivity index (χ1) is 8.28. The Kier molecular flexibility index (Phi) is 6.27. The molecule has 0 aliphatic heterocycles. The van der Waals surface area contributed by atoms with Gasteiger partial charge in [0.05, 0.1) is 11.7 Å². The van der Waals surface area contributed by atoms with Crippen LogP contribution in [0.4, 0.5) is 0 Å². The molecule has 0 amide bonds. The zero-order valence-electron chi connectivity index (χ0n) is 11.5. The second kappa shape index (κ2) is 7.01. The number of nitrogens with one attached hydrogen (secondary N) is 1. The molecular formula is C13H23BrN2OS. The molecule has 5 heteroatoms. The first-order valence-electron chi connectivity index (χ1n) is 6.15. The van der Waals surface area contributed by atoms with E-state index in [0.717, 1.165) is 17.6 Å². The van der Waals surface area contributed by atoms with Crippen LogP contribution in [-0.4, -0.2) is 24.3 Å². The standard InChI is InChI=1S/C13H23BrN2OS/c1-9(17-13(2,3)4)12(15)7-16-6-11-5-10(14)8-18-11/h5,8-9,12,16H,6-7,15H2,1-4H3/t9-,12-/m1/s1. The Bertz CT molecular complexity index is 362. The molecule has 2 atom stereocenters. The highest BCUT2D eigenvalue weighted by Gasteiger charge is 2.20. The summed E-state index contributed by atoms with van der Waals surface area (Å²) in [7, 11) is 0. The maximum absolute atomic E-state index is 6.10. The van der Waals surface area contributed by atoms with Crippen LogP contribution in [0, 0.1) is 0 Å². The van der Waals surface area contributed by atoms with Gasteiger partial charge >= 0.3 is 0 Å². The average molecular weight is 335 g/mol. The summed E-state index contributed by atoms with van der Waals surface area (Å²) in [6, 6.07) is 2.13. The van der Waals surface area contributed by atoms with Gasteiger partial charge in [-0.1, -0.05) is 0 Å². The van der Waals surface area contributed by atoms with Crippen molar-refractivity contribution in [1.82, 2.24) is 5.32 Å². The SMILES string of the molecule is C[C@@H](OC(C)(C)C)[C@H](N)CNCc1cc(Br)cs1. The van der Waals surface area contributed by atoms with Crippen LogP contribution in [0.5, 0.6) is 0 Å². The number of hydrogen-bond donors (Lipinski definition) is 2. The molecule has 1 aromatic rings. The highest BCUT2D eigenvalue weighted by Crippen LogP contribution is 2.19. The number of halogens is 1. The molecule has 0 saturated carbocycles. The summed E-state index contributed by atoms with van der Waals surface area (Å²) in [6.45, 7) is 9.78. The predicted molar refractivity (Wildman–Crippen MR) is 82.0 cm³/mol. The fourth-order valence-corrected chi connectivity index (χ4v) is 3.04. The molecular weight excluding hydrogens is 312 g/mol. The molecule has 1 rings (SSSR count). The number of rotatable bonds is 6. The molecule has 0 bridgehead atoms. The summed E-state index contributed by atoms with van der Waals surface area (Å²) in [4.78, 5) is 1.30. The summed E-state index contributed by atoms with van der Waals surface area (Å²) < 4.78 is 6.97. The molecule has 1 aromatic heterocycles. The molecule has 0 aromatic carbocycles.